The highest BCUT2D eigenvalue weighted by Crippen LogP contribution is 2.19. The average Bonchev–Trinajstić information content (AvgIpc) is 3.09. The van der Waals surface area contributed by atoms with E-state index in [9.17, 15) is 13.5 Å². The molecule has 0 aromatic heterocycles. The van der Waals surface area contributed by atoms with Crippen LogP contribution in [0.25, 0.3) is 0 Å². The van der Waals surface area contributed by atoms with Gasteiger partial charge in [-0.05, 0) is 70.8 Å². The maximum atomic E-state index is 9.59. The topological polar surface area (TPSA) is 87.1 Å². The summed E-state index contributed by atoms with van der Waals surface area (Å²) >= 11 is 0. The molecule has 0 aromatic carbocycles. The fourth-order valence-electron chi connectivity index (χ4n) is 6.49. The maximum Gasteiger partial charge on any atom is 0.397 e. The summed E-state index contributed by atoms with van der Waals surface area (Å²) < 4.78 is 29.7. The van der Waals surface area contributed by atoms with Gasteiger partial charge in [0, 0.05) is 12.6 Å². The molecule has 0 rings (SSSR count). The van der Waals surface area contributed by atoms with E-state index in [-0.39, 0.29) is 0 Å². The van der Waals surface area contributed by atoms with Crippen molar-refractivity contribution in [2.45, 2.75) is 219 Å². The molecule has 0 aliphatic heterocycles. The maximum absolute atomic E-state index is 9.59. The van der Waals surface area contributed by atoms with Crippen molar-refractivity contribution in [1.29, 1.82) is 0 Å². The molecule has 2 N–H and O–H groups in total. The van der Waals surface area contributed by atoms with E-state index in [1.165, 1.54) is 193 Å². The van der Waals surface area contributed by atoms with Crippen molar-refractivity contribution in [3.05, 3.63) is 24.3 Å². The third kappa shape index (κ3) is 43.4. The zero-order valence-electron chi connectivity index (χ0n) is 33.2. The Balaban J connectivity index is 0. The van der Waals surface area contributed by atoms with E-state index in [0.717, 1.165) is 20.2 Å². The number of nitrogens with zero attached hydrogens (tertiary/aromatic N) is 1. The number of aliphatic hydroxyl groups excluding tert-OH is 1. The highest BCUT2D eigenvalue weighted by Gasteiger charge is 2.16. The Morgan fingerprint density at radius 3 is 1.08 bits per heavy atom. The van der Waals surface area contributed by atoms with Gasteiger partial charge in [-0.15, -0.1) is 0 Å². The summed E-state index contributed by atoms with van der Waals surface area (Å²) in [4.78, 5) is 2.55. The van der Waals surface area contributed by atoms with Gasteiger partial charge in [-0.1, -0.05) is 173 Å². The second-order valence-electron chi connectivity index (χ2n) is 14.1. The van der Waals surface area contributed by atoms with E-state index >= 15 is 0 Å². The Morgan fingerprint density at radius 2 is 0.816 bits per heavy atom. The third-order valence-electron chi connectivity index (χ3n) is 9.62. The van der Waals surface area contributed by atoms with Crippen LogP contribution in [-0.2, 0) is 14.6 Å². The highest BCUT2D eigenvalue weighted by molar-refractivity contribution is 7.80. The summed E-state index contributed by atoms with van der Waals surface area (Å²) in [6.07, 6.45) is 50.9. The fourth-order valence-corrected chi connectivity index (χ4v) is 6.49. The molecule has 294 valence electrons. The molecule has 0 bridgehead atoms. The first kappa shape index (κ1) is 50.4. The molecule has 0 aromatic rings. The van der Waals surface area contributed by atoms with Crippen LogP contribution in [0.15, 0.2) is 24.3 Å². The minimum absolute atomic E-state index is 0.297. The van der Waals surface area contributed by atoms with Crippen molar-refractivity contribution in [2.24, 2.45) is 0 Å². The van der Waals surface area contributed by atoms with Crippen molar-refractivity contribution in [1.82, 2.24) is 4.90 Å². The number of allylic oxidation sites excluding steroid dienone is 4. The molecule has 0 atom stereocenters. The van der Waals surface area contributed by atoms with Crippen LogP contribution in [0.1, 0.15) is 213 Å². The Morgan fingerprint density at radius 1 is 0.531 bits per heavy atom. The summed E-state index contributed by atoms with van der Waals surface area (Å²) in [7, 11) is -3.29. The lowest BCUT2D eigenvalue weighted by molar-refractivity contribution is 0.140. The number of hydrogen-bond donors (Lipinski definition) is 2. The summed E-state index contributed by atoms with van der Waals surface area (Å²) in [5.74, 6) is 0. The molecule has 49 heavy (non-hydrogen) atoms. The lowest BCUT2D eigenvalue weighted by Crippen LogP contribution is -2.37. The van der Waals surface area contributed by atoms with Gasteiger partial charge in [-0.25, -0.2) is 0 Å². The van der Waals surface area contributed by atoms with E-state index in [0.29, 0.717) is 12.6 Å². The van der Waals surface area contributed by atoms with Gasteiger partial charge in [0.1, 0.15) is 0 Å². The first-order chi connectivity index (χ1) is 23.9. The second-order valence-corrected chi connectivity index (χ2v) is 15.2. The molecule has 0 aliphatic carbocycles. The smallest absolute Gasteiger partial charge is 0.395 e. The van der Waals surface area contributed by atoms with Gasteiger partial charge in [0.05, 0.1) is 13.7 Å². The molecule has 0 heterocycles. The first-order valence-corrected chi connectivity index (χ1v) is 22.4. The zero-order valence-corrected chi connectivity index (χ0v) is 34.0. The molecule has 0 saturated heterocycles. The van der Waals surface area contributed by atoms with Crippen LogP contribution in [0.4, 0.5) is 0 Å². The van der Waals surface area contributed by atoms with Crippen molar-refractivity contribution in [3.63, 3.8) is 0 Å². The zero-order chi connectivity index (χ0) is 36.5. The molecular weight excluding hydrogens is 631 g/mol. The SMILES string of the molecule is CCCCCCCC/C=C\CCCCCCCCC(CCCCCCCC/C=C\CCCCCCCC)N(CC)CCO.COS(=O)(=O)O. The van der Waals surface area contributed by atoms with Crippen molar-refractivity contribution in [3.8, 4) is 0 Å². The summed E-state index contributed by atoms with van der Waals surface area (Å²) in [6.45, 7) is 9.07. The number of likely N-dealkylation sites (N-methyl/N-ethyl adjacent to an activating group) is 1. The Hall–Kier alpha value is -0.730. The van der Waals surface area contributed by atoms with Crippen LogP contribution < -0.4 is 0 Å². The largest absolute Gasteiger partial charge is 0.397 e. The Kier molecular flexibility index (Phi) is 42.9. The number of unbranched alkanes of at least 4 members (excludes halogenated alkanes) is 24. The van der Waals surface area contributed by atoms with Crippen LogP contribution in [0.5, 0.6) is 0 Å². The fraction of sp³-hybridized carbons (Fsp3) is 0.905. The van der Waals surface area contributed by atoms with Crippen LogP contribution in [0, 0.1) is 0 Å². The first-order valence-electron chi connectivity index (χ1n) is 21.0. The summed E-state index contributed by atoms with van der Waals surface area (Å²) in [5, 5.41) is 9.59. The number of hydrogen-bond acceptors (Lipinski definition) is 5. The van der Waals surface area contributed by atoms with Gasteiger partial charge < -0.3 is 5.11 Å². The lowest BCUT2D eigenvalue weighted by Gasteiger charge is -2.30. The second kappa shape index (κ2) is 41.7. The predicted octanol–water partition coefficient (Wildman–Crippen LogP) is 13.0. The molecule has 0 radical (unpaired) electrons. The molecule has 0 unspecified atom stereocenters. The molecule has 7 heteroatoms. The Bertz CT molecular complexity index is 744. The van der Waals surface area contributed by atoms with Crippen molar-refractivity contribution < 1.29 is 22.3 Å². The van der Waals surface area contributed by atoms with Gasteiger partial charge in [-0.2, -0.15) is 8.42 Å². The third-order valence-corrected chi connectivity index (χ3v) is 10.0. The van der Waals surface area contributed by atoms with Gasteiger partial charge >= 0.3 is 10.4 Å². The quantitative estimate of drug-likeness (QED) is 0.0378. The molecule has 6 nitrogen and oxygen atoms in total. The molecule has 0 fully saturated rings. The molecule has 0 amide bonds. The average molecular weight is 716 g/mol. The van der Waals surface area contributed by atoms with Crippen LogP contribution >= 0.6 is 0 Å². The van der Waals surface area contributed by atoms with Gasteiger partial charge in [0.2, 0.25) is 0 Å². The van der Waals surface area contributed by atoms with E-state index in [2.05, 4.69) is 54.2 Å². The van der Waals surface area contributed by atoms with Crippen LogP contribution in [0.3, 0.4) is 0 Å². The standard InChI is InChI=1S/C41H81NO.CH4O4S/c1-4-7-9-11-13-15-17-19-21-23-25-27-29-31-33-35-37-41(42(6-3)39-40-43)38-36-34-32-30-28-26-24-22-20-18-16-14-12-10-8-5-2;1-5-6(2,3)4/h19-22,41,43H,4-18,23-40H2,1-3H3;1H3,(H,2,3,4)/b21-19-,22-20-;. The lowest BCUT2D eigenvalue weighted by atomic mass is 9.98. The van der Waals surface area contributed by atoms with E-state index < -0.39 is 10.4 Å². The van der Waals surface area contributed by atoms with E-state index in [1.54, 1.807) is 0 Å². The number of rotatable bonds is 37. The molecule has 0 saturated carbocycles. The summed E-state index contributed by atoms with van der Waals surface area (Å²) in [5.41, 5.74) is 0. The van der Waals surface area contributed by atoms with Crippen molar-refractivity contribution >= 4 is 10.4 Å². The van der Waals surface area contributed by atoms with Gasteiger partial charge in [0.15, 0.2) is 0 Å². The summed E-state index contributed by atoms with van der Waals surface area (Å²) in [6, 6.07) is 0.672. The minimum atomic E-state index is -4.16. The van der Waals surface area contributed by atoms with Gasteiger partial charge in [-0.3, -0.25) is 13.6 Å². The minimum Gasteiger partial charge on any atom is -0.395 e. The normalized spacial score (nSPS) is 12.2. The molecular formula is C42H85NO5S. The van der Waals surface area contributed by atoms with E-state index in [4.69, 9.17) is 4.55 Å². The highest BCUT2D eigenvalue weighted by atomic mass is 32.3. The Labute approximate surface area is 307 Å². The number of aliphatic hydroxyl groups is 1. The molecule has 0 spiro atoms. The predicted molar refractivity (Wildman–Crippen MR) is 215 cm³/mol. The monoisotopic (exact) mass is 716 g/mol. The van der Waals surface area contributed by atoms with Crippen molar-refractivity contribution in [2.75, 3.05) is 26.8 Å². The van der Waals surface area contributed by atoms with Crippen LogP contribution in [-0.4, -0.2) is 55.8 Å². The molecule has 0 aliphatic rings. The van der Waals surface area contributed by atoms with Gasteiger partial charge in [0.25, 0.3) is 0 Å². The van der Waals surface area contributed by atoms with Crippen LogP contribution in [0.2, 0.25) is 0 Å². The van der Waals surface area contributed by atoms with E-state index in [1.807, 2.05) is 0 Å².